The molecule has 136 valence electrons. The number of halogens is 2. The Morgan fingerprint density at radius 1 is 0.913 bits per heavy atom. The third kappa shape index (κ3) is 17.1. The first-order valence-electron chi connectivity index (χ1n) is 6.99. The summed E-state index contributed by atoms with van der Waals surface area (Å²) in [5.74, 6) is 0.582. The van der Waals surface area contributed by atoms with Gasteiger partial charge < -0.3 is 53.6 Å². The van der Waals surface area contributed by atoms with Gasteiger partial charge in [0.15, 0.2) is 0 Å². The molecule has 1 heterocycles. The van der Waals surface area contributed by atoms with E-state index in [1.807, 2.05) is 6.20 Å². The number of aromatic nitrogens is 1. The second kappa shape index (κ2) is 14.8. The zero-order valence-corrected chi connectivity index (χ0v) is 18.2. The summed E-state index contributed by atoms with van der Waals surface area (Å²) in [5, 5.41) is 0. The Balaban J connectivity index is -0.000000216. The topological polar surface area (TPSA) is 78.8 Å². The van der Waals surface area contributed by atoms with Crippen molar-refractivity contribution >= 4 is 0 Å². The van der Waals surface area contributed by atoms with Crippen LogP contribution in [0.3, 0.4) is 0 Å². The van der Waals surface area contributed by atoms with Gasteiger partial charge in [-0.05, 0) is 12.1 Å². The van der Waals surface area contributed by atoms with Gasteiger partial charge in [-0.2, -0.15) is 23.7 Å². The van der Waals surface area contributed by atoms with Crippen LogP contribution in [0.4, 0.5) is 0 Å². The molecule has 23 heavy (non-hydrogen) atoms. The second-order valence-corrected chi connectivity index (χ2v) is 7.43. The Labute approximate surface area is 170 Å². The molecule has 1 aromatic heterocycles. The molecule has 3 nitrogen and oxygen atoms in total. The molecule has 0 atom stereocenters. The van der Waals surface area contributed by atoms with E-state index in [2.05, 4.69) is 71.5 Å². The smallest absolute Gasteiger partial charge is 1.00 e. The molecule has 1 aromatic rings. The van der Waals surface area contributed by atoms with Crippen molar-refractivity contribution < 1.29 is 57.5 Å². The van der Waals surface area contributed by atoms with Crippen LogP contribution in [0.25, 0.3) is 0 Å². The van der Waals surface area contributed by atoms with Crippen molar-refractivity contribution in [1.82, 2.24) is 4.98 Å². The van der Waals surface area contributed by atoms with Crippen molar-refractivity contribution in [3.63, 3.8) is 0 Å². The van der Waals surface area contributed by atoms with E-state index in [1.54, 1.807) is 0 Å². The van der Waals surface area contributed by atoms with Crippen molar-refractivity contribution in [2.75, 3.05) is 0 Å². The molecule has 6 heteroatoms. The normalized spacial score (nSPS) is 10.4. The number of nitrogens with one attached hydrogen (secondary N) is 1. The molecule has 0 amide bonds. The summed E-state index contributed by atoms with van der Waals surface area (Å²) in [6.07, 6.45) is 9.17. The Hall–Kier alpha value is 0.494. The zero-order valence-electron chi connectivity index (χ0n) is 15.1. The van der Waals surface area contributed by atoms with Crippen LogP contribution in [0.5, 0.6) is 0 Å². The Kier molecular flexibility index (Phi) is 22.4. The van der Waals surface area contributed by atoms with Gasteiger partial charge in [-0.25, -0.2) is 0 Å². The van der Waals surface area contributed by atoms with Crippen LogP contribution in [0.2, 0.25) is 0 Å². The van der Waals surface area contributed by atoms with Gasteiger partial charge >= 0.3 is 21.7 Å². The zero-order chi connectivity index (χ0) is 13.8. The molecule has 0 saturated heterocycles. The molecule has 0 fully saturated rings. The molecular formula is C17H33Cl2NO2Ti. The molecule has 0 unspecified atom stereocenters. The first-order valence-corrected chi connectivity index (χ1v) is 6.99. The molecule has 0 aliphatic rings. The van der Waals surface area contributed by atoms with Crippen LogP contribution >= 0.6 is 0 Å². The molecule has 0 bridgehead atoms. The monoisotopic (exact) mass is 401 g/mol. The summed E-state index contributed by atoms with van der Waals surface area (Å²) in [4.78, 5) is 3.37. The molecule has 0 spiro atoms. The standard InChI is InChI=1S/C17H29N.2ClH.2H2O.Ti/c1-16(2,3)11-9-14(10-12-17(4,5)6)15-8-7-13-18-15;;;;;/h7-8,11-14,18H,9-10H2,1-6H3;2*1H;2*1H2;/q-2;;;;;+4/p-2. The molecule has 0 saturated carbocycles. The average Bonchev–Trinajstić information content (AvgIpc) is 2.67. The van der Waals surface area contributed by atoms with Gasteiger partial charge in [0.1, 0.15) is 0 Å². The van der Waals surface area contributed by atoms with E-state index in [4.69, 9.17) is 0 Å². The van der Waals surface area contributed by atoms with E-state index in [9.17, 15) is 0 Å². The van der Waals surface area contributed by atoms with Crippen molar-refractivity contribution in [1.29, 1.82) is 0 Å². The molecule has 0 aliphatic carbocycles. The molecule has 0 aliphatic heterocycles. The first-order chi connectivity index (χ1) is 8.17. The largest absolute Gasteiger partial charge is 4.00 e. The van der Waals surface area contributed by atoms with Crippen LogP contribution in [-0.4, -0.2) is 15.9 Å². The number of H-pyrrole nitrogens is 1. The minimum Gasteiger partial charge on any atom is -1.00 e. The van der Waals surface area contributed by atoms with Crippen LogP contribution in [0.1, 0.15) is 66.0 Å². The van der Waals surface area contributed by atoms with Gasteiger partial charge in [-0.15, -0.1) is 0 Å². The van der Waals surface area contributed by atoms with E-state index >= 15 is 0 Å². The van der Waals surface area contributed by atoms with Crippen molar-refractivity contribution in [2.45, 2.75) is 60.3 Å². The van der Waals surface area contributed by atoms with Crippen molar-refractivity contribution in [3.05, 3.63) is 36.9 Å². The summed E-state index contributed by atoms with van der Waals surface area (Å²) in [7, 11) is 0. The van der Waals surface area contributed by atoms with Crippen LogP contribution in [0, 0.1) is 23.7 Å². The summed E-state index contributed by atoms with van der Waals surface area (Å²) in [6.45, 7) is 13.6. The van der Waals surface area contributed by atoms with E-state index in [0.717, 1.165) is 12.8 Å². The summed E-state index contributed by atoms with van der Waals surface area (Å²) >= 11 is 0. The van der Waals surface area contributed by atoms with E-state index in [1.165, 1.54) is 5.69 Å². The number of aromatic amines is 1. The Bertz CT molecular complexity index is 328. The predicted molar refractivity (Wildman–Crippen MR) is 87.5 cm³/mol. The first kappa shape index (κ1) is 34.8. The van der Waals surface area contributed by atoms with E-state index in [-0.39, 0.29) is 57.5 Å². The third-order valence-electron chi connectivity index (χ3n) is 3.09. The maximum absolute atomic E-state index is 3.37. The van der Waals surface area contributed by atoms with Crippen LogP contribution in [-0.2, 0) is 21.7 Å². The van der Waals surface area contributed by atoms with Crippen LogP contribution in [0.15, 0.2) is 18.3 Å². The van der Waals surface area contributed by atoms with E-state index in [0.29, 0.717) is 16.7 Å². The van der Waals surface area contributed by atoms with Gasteiger partial charge in [0.25, 0.3) is 0 Å². The molecular weight excluding hydrogens is 369 g/mol. The average molecular weight is 402 g/mol. The minimum atomic E-state index is 0. The summed E-state index contributed by atoms with van der Waals surface area (Å²) in [6, 6.07) is 4.30. The molecule has 1 rings (SSSR count). The minimum absolute atomic E-state index is 0. The summed E-state index contributed by atoms with van der Waals surface area (Å²) in [5.41, 5.74) is 1.95. The fourth-order valence-corrected chi connectivity index (χ4v) is 1.94. The fourth-order valence-electron chi connectivity index (χ4n) is 1.94. The van der Waals surface area contributed by atoms with Crippen molar-refractivity contribution in [3.8, 4) is 0 Å². The molecule has 0 radical (unpaired) electrons. The van der Waals surface area contributed by atoms with Crippen molar-refractivity contribution in [2.24, 2.45) is 10.8 Å². The number of hydrogen-bond acceptors (Lipinski definition) is 0. The van der Waals surface area contributed by atoms with E-state index < -0.39 is 0 Å². The molecule has 5 N–H and O–H groups in total. The van der Waals surface area contributed by atoms with Crippen LogP contribution < -0.4 is 24.8 Å². The molecule has 0 aromatic carbocycles. The quantitative estimate of drug-likeness (QED) is 0.426. The Morgan fingerprint density at radius 2 is 1.30 bits per heavy atom. The van der Waals surface area contributed by atoms with Gasteiger partial charge in [-0.1, -0.05) is 47.5 Å². The fraction of sp³-hybridized carbons (Fsp3) is 0.647. The summed E-state index contributed by atoms with van der Waals surface area (Å²) < 4.78 is 0. The SMILES string of the molecule is CC(C)(C)[CH-]CC(C[CH-]C(C)(C)C)c1ccc[nH]1.O.O.[Cl-].[Cl-].[Ti+4]. The van der Waals surface area contributed by atoms with Gasteiger partial charge in [0.05, 0.1) is 0 Å². The second-order valence-electron chi connectivity index (χ2n) is 7.43. The maximum atomic E-state index is 3.37. The third-order valence-corrected chi connectivity index (χ3v) is 3.09. The Morgan fingerprint density at radius 3 is 1.57 bits per heavy atom. The number of rotatable bonds is 5. The maximum Gasteiger partial charge on any atom is 4.00 e. The van der Waals surface area contributed by atoms with Gasteiger partial charge in [-0.3, -0.25) is 0 Å². The van der Waals surface area contributed by atoms with Gasteiger partial charge in [0.2, 0.25) is 0 Å². The van der Waals surface area contributed by atoms with Gasteiger partial charge in [0, 0.05) is 11.9 Å². The number of hydrogen-bond donors (Lipinski definition) is 1. The predicted octanol–water partition coefficient (Wildman–Crippen LogP) is -2.26.